The number of aliphatic imine (C=N–C) groups is 1. The van der Waals surface area contributed by atoms with Gasteiger partial charge >= 0.3 is 6.09 Å². The summed E-state index contributed by atoms with van der Waals surface area (Å²) < 4.78 is 46.8. The zero-order chi connectivity index (χ0) is 40.2. The second kappa shape index (κ2) is 20.1. The van der Waals surface area contributed by atoms with Gasteiger partial charge in [0.05, 0.1) is 18.0 Å². The average Bonchev–Trinajstić information content (AvgIpc) is 3.33. The number of anilines is 1. The maximum Gasteiger partial charge on any atom is 0.418 e. The first-order valence-electron chi connectivity index (χ1n) is 19.6. The molecule has 0 bridgehead atoms. The van der Waals surface area contributed by atoms with Crippen molar-refractivity contribution in [3.63, 3.8) is 0 Å². The quantitative estimate of drug-likeness (QED) is 0.0916. The molecule has 1 saturated heterocycles. The summed E-state index contributed by atoms with van der Waals surface area (Å²) in [5.41, 5.74) is -0.381. The fraction of sp³-hybridized carbons (Fsp3) is 0.610. The van der Waals surface area contributed by atoms with Gasteiger partial charge in [0.1, 0.15) is 4.90 Å². The van der Waals surface area contributed by atoms with Crippen molar-refractivity contribution in [1.82, 2.24) is 9.21 Å². The molecule has 0 aromatic heterocycles. The SMILES string of the molecule is CCCCCCCCOCCCN1C(C(C(=O)Nc2cc(C(C)(C)C)ccc2SCCOCCCC)N2C(=O)OC(C)(C)C2=O)=Nc2ccccc2S1(=O)=O. The Bertz CT molecular complexity index is 1770. The standard InChI is InChI=1S/C41H60N4O8S2/c1-8-10-12-13-14-17-25-51-26-18-23-44-36(42-31-19-15-16-20-34(31)55(44,49)50)35(45-38(47)41(6,7)53-39(45)48)37(46)43-32-29-30(40(3,4)5)21-22-33(32)54-28-27-52-24-11-9-2/h15-16,19-22,29,35H,8-14,17-18,23-28H2,1-7H3,(H,43,46). The number of ether oxygens (including phenoxy) is 3. The smallest absolute Gasteiger partial charge is 0.418 e. The van der Waals surface area contributed by atoms with Crippen molar-refractivity contribution in [1.29, 1.82) is 0 Å². The lowest BCUT2D eigenvalue weighted by molar-refractivity contribution is -0.137. The highest BCUT2D eigenvalue weighted by molar-refractivity contribution is 7.99. The molecule has 1 N–H and O–H groups in total. The minimum absolute atomic E-state index is 0.0423. The Morgan fingerprint density at radius 1 is 0.909 bits per heavy atom. The number of nitrogens with one attached hydrogen (secondary N) is 1. The molecular weight excluding hydrogens is 741 g/mol. The lowest BCUT2D eigenvalue weighted by Gasteiger charge is -2.35. The number of benzene rings is 2. The highest BCUT2D eigenvalue weighted by Gasteiger charge is 2.55. The van der Waals surface area contributed by atoms with Gasteiger partial charge in [0, 0.05) is 37.0 Å². The number of para-hydroxylation sites is 1. The Morgan fingerprint density at radius 2 is 1.56 bits per heavy atom. The van der Waals surface area contributed by atoms with Crippen LogP contribution in [-0.4, -0.2) is 91.7 Å². The van der Waals surface area contributed by atoms with Crippen LogP contribution in [0.2, 0.25) is 0 Å². The molecule has 0 aliphatic carbocycles. The zero-order valence-corrected chi connectivity index (χ0v) is 35.3. The number of nitrogens with zero attached hydrogens (tertiary/aromatic N) is 3. The second-order valence-electron chi connectivity index (χ2n) is 15.5. The predicted molar refractivity (Wildman–Crippen MR) is 218 cm³/mol. The van der Waals surface area contributed by atoms with E-state index in [9.17, 15) is 22.8 Å². The Morgan fingerprint density at radius 3 is 2.25 bits per heavy atom. The van der Waals surface area contributed by atoms with E-state index in [1.807, 2.05) is 18.2 Å². The van der Waals surface area contributed by atoms with Gasteiger partial charge in [-0.15, -0.1) is 11.8 Å². The molecule has 4 rings (SSSR count). The van der Waals surface area contributed by atoms with Crippen LogP contribution < -0.4 is 5.32 Å². The predicted octanol–water partition coefficient (Wildman–Crippen LogP) is 8.46. The van der Waals surface area contributed by atoms with Crippen molar-refractivity contribution < 1.29 is 37.0 Å². The number of sulfonamides is 1. The van der Waals surface area contributed by atoms with Crippen molar-refractivity contribution in [2.75, 3.05) is 44.0 Å². The largest absolute Gasteiger partial charge is 0.433 e. The van der Waals surface area contributed by atoms with Gasteiger partial charge in [0.25, 0.3) is 21.8 Å². The minimum atomic E-state index is -4.28. The summed E-state index contributed by atoms with van der Waals surface area (Å²) in [5, 5.41) is 2.98. The van der Waals surface area contributed by atoms with E-state index in [1.165, 1.54) is 57.0 Å². The fourth-order valence-electron chi connectivity index (χ4n) is 6.25. The normalized spacial score (nSPS) is 16.8. The molecule has 0 radical (unpaired) electrons. The summed E-state index contributed by atoms with van der Waals surface area (Å²) in [6.07, 6.45) is 7.92. The molecule has 2 aliphatic rings. The first-order chi connectivity index (χ1) is 26.1. The van der Waals surface area contributed by atoms with E-state index in [1.54, 1.807) is 12.1 Å². The second-order valence-corrected chi connectivity index (χ2v) is 18.4. The third kappa shape index (κ3) is 11.5. The monoisotopic (exact) mass is 800 g/mol. The van der Waals surface area contributed by atoms with Crippen molar-refractivity contribution in [2.45, 2.75) is 133 Å². The number of thioether (sulfide) groups is 1. The summed E-state index contributed by atoms with van der Waals surface area (Å²) >= 11 is 1.50. The molecule has 1 fully saturated rings. The molecule has 3 amide bonds. The molecule has 2 aromatic rings. The number of amides is 3. The van der Waals surface area contributed by atoms with Gasteiger partial charge in [-0.3, -0.25) is 13.9 Å². The molecule has 2 heterocycles. The highest BCUT2D eigenvalue weighted by atomic mass is 32.2. The van der Waals surface area contributed by atoms with Crippen molar-refractivity contribution >= 4 is 56.9 Å². The molecule has 0 spiro atoms. The maximum atomic E-state index is 14.8. The highest BCUT2D eigenvalue weighted by Crippen LogP contribution is 2.37. The van der Waals surface area contributed by atoms with Crippen molar-refractivity contribution in [3.8, 4) is 0 Å². The van der Waals surface area contributed by atoms with E-state index in [-0.39, 0.29) is 41.4 Å². The number of imide groups is 1. The van der Waals surface area contributed by atoms with E-state index in [4.69, 9.17) is 19.2 Å². The van der Waals surface area contributed by atoms with Gasteiger partial charge in [-0.1, -0.05) is 91.3 Å². The zero-order valence-electron chi connectivity index (χ0n) is 33.6. The Hall–Kier alpha value is -3.46. The van der Waals surface area contributed by atoms with Crippen molar-refractivity contribution in [3.05, 3.63) is 48.0 Å². The summed E-state index contributed by atoms with van der Waals surface area (Å²) in [7, 11) is -4.28. The van der Waals surface area contributed by atoms with Crippen LogP contribution in [0.4, 0.5) is 16.2 Å². The van der Waals surface area contributed by atoms with Crippen molar-refractivity contribution in [2.24, 2.45) is 4.99 Å². The topological polar surface area (TPSA) is 144 Å². The number of hydrogen-bond acceptors (Lipinski definition) is 10. The number of carbonyl (C=O) groups is 3. The van der Waals surface area contributed by atoms with E-state index in [0.717, 1.165) is 46.9 Å². The van der Waals surface area contributed by atoms with Crippen LogP contribution >= 0.6 is 11.8 Å². The van der Waals surface area contributed by atoms with Crippen LogP contribution in [0.3, 0.4) is 0 Å². The number of rotatable bonds is 22. The van der Waals surface area contributed by atoms with Gasteiger partial charge in [-0.25, -0.2) is 23.1 Å². The minimum Gasteiger partial charge on any atom is -0.433 e. The maximum absolute atomic E-state index is 14.8. The van der Waals surface area contributed by atoms with Crippen LogP contribution in [0.5, 0.6) is 0 Å². The van der Waals surface area contributed by atoms with Crippen LogP contribution in [0.25, 0.3) is 0 Å². The Labute approximate surface area is 332 Å². The van der Waals surface area contributed by atoms with Crippen LogP contribution in [0.1, 0.15) is 112 Å². The number of carbonyl (C=O) groups excluding carboxylic acids is 3. The van der Waals surface area contributed by atoms with E-state index in [0.29, 0.717) is 36.2 Å². The fourth-order valence-corrected chi connectivity index (χ4v) is 8.73. The number of cyclic esters (lactones) is 1. The lowest BCUT2D eigenvalue weighted by Crippen LogP contribution is -2.59. The molecule has 2 aromatic carbocycles. The van der Waals surface area contributed by atoms with Crippen LogP contribution in [-0.2, 0) is 39.2 Å². The van der Waals surface area contributed by atoms with Crippen LogP contribution in [0.15, 0.2) is 57.2 Å². The lowest BCUT2D eigenvalue weighted by atomic mass is 9.87. The molecule has 304 valence electrons. The third-order valence-corrected chi connectivity index (χ3v) is 12.4. The molecule has 1 atom stereocenters. The summed E-state index contributed by atoms with van der Waals surface area (Å²) in [4.78, 5) is 48.3. The summed E-state index contributed by atoms with van der Waals surface area (Å²) in [6.45, 7) is 15.2. The first-order valence-corrected chi connectivity index (χ1v) is 22.1. The van der Waals surface area contributed by atoms with Gasteiger partial charge in [0.2, 0.25) is 0 Å². The number of amidine groups is 1. The molecule has 14 heteroatoms. The molecule has 0 saturated carbocycles. The van der Waals surface area contributed by atoms with Gasteiger partial charge in [-0.05, 0) is 68.4 Å². The average molecular weight is 801 g/mol. The first kappa shape index (κ1) is 44.3. The van der Waals surface area contributed by atoms with Gasteiger partial charge in [0.15, 0.2) is 17.5 Å². The Balaban J connectivity index is 1.70. The van der Waals surface area contributed by atoms with Crippen LogP contribution in [0, 0.1) is 0 Å². The molecule has 55 heavy (non-hydrogen) atoms. The molecule has 2 aliphatic heterocycles. The molecular formula is C41H60N4O8S2. The number of unbranched alkanes of at least 4 members (excludes halogenated alkanes) is 6. The Kier molecular flexibility index (Phi) is 16.2. The third-order valence-electron chi connectivity index (χ3n) is 9.47. The van der Waals surface area contributed by atoms with Gasteiger partial charge in [-0.2, -0.15) is 0 Å². The summed E-state index contributed by atoms with van der Waals surface area (Å²) in [5.74, 6) is -1.26. The van der Waals surface area contributed by atoms with Gasteiger partial charge < -0.3 is 19.5 Å². The molecule has 12 nitrogen and oxygen atoms in total. The van der Waals surface area contributed by atoms with E-state index >= 15 is 0 Å². The summed E-state index contributed by atoms with van der Waals surface area (Å²) in [6, 6.07) is 10.2. The van der Waals surface area contributed by atoms with E-state index < -0.39 is 39.6 Å². The van der Waals surface area contributed by atoms with E-state index in [2.05, 4.69) is 39.9 Å². The molecule has 1 unspecified atom stereocenters. The number of fused-ring (bicyclic) bond motifs is 1. The number of hydrogen-bond donors (Lipinski definition) is 1.